The zero-order valence-electron chi connectivity index (χ0n) is 6.78. The van der Waals surface area contributed by atoms with E-state index in [4.69, 9.17) is 10.6 Å². The van der Waals surface area contributed by atoms with Crippen LogP contribution in [-0.2, 0) is 4.84 Å². The first kappa shape index (κ1) is 7.76. The first-order valence-corrected chi connectivity index (χ1v) is 4.64. The molecule has 0 aliphatic carbocycles. The van der Waals surface area contributed by atoms with Crippen LogP contribution in [0.25, 0.3) is 0 Å². The Kier molecular flexibility index (Phi) is 1.86. The Labute approximate surface area is 75.4 Å². The first-order chi connectivity index (χ1) is 5.81. The van der Waals surface area contributed by atoms with Gasteiger partial charge in [0.05, 0.1) is 18.7 Å². The summed E-state index contributed by atoms with van der Waals surface area (Å²) >= 11 is 1.74. The largest absolute Gasteiger partial charge is 0.399 e. The molecule has 1 aromatic rings. The van der Waals surface area contributed by atoms with Crippen LogP contribution < -0.4 is 10.8 Å². The van der Waals surface area contributed by atoms with Crippen molar-refractivity contribution in [2.75, 3.05) is 23.8 Å². The summed E-state index contributed by atoms with van der Waals surface area (Å²) in [4.78, 5) is 6.34. The second-order valence-corrected chi connectivity index (χ2v) is 3.55. The fourth-order valence-electron chi connectivity index (χ4n) is 1.20. The molecule has 0 aromatic heterocycles. The van der Waals surface area contributed by atoms with Gasteiger partial charge in [-0.05, 0) is 18.2 Å². The molecular formula is C8H10N2OS. The maximum Gasteiger partial charge on any atom is 0.0957 e. The molecule has 0 bridgehead atoms. The quantitative estimate of drug-likeness (QED) is 0.671. The van der Waals surface area contributed by atoms with Crippen molar-refractivity contribution in [3.05, 3.63) is 18.2 Å². The fraction of sp³-hybridized carbons (Fsp3) is 0.250. The van der Waals surface area contributed by atoms with Crippen molar-refractivity contribution in [3.8, 4) is 0 Å². The van der Waals surface area contributed by atoms with Gasteiger partial charge in [-0.15, -0.1) is 0 Å². The Morgan fingerprint density at radius 3 is 3.17 bits per heavy atom. The van der Waals surface area contributed by atoms with Crippen LogP contribution in [0.3, 0.4) is 0 Å². The van der Waals surface area contributed by atoms with Crippen molar-refractivity contribution in [2.45, 2.75) is 4.90 Å². The average Bonchev–Trinajstić information content (AvgIpc) is 2.46. The van der Waals surface area contributed by atoms with E-state index in [1.54, 1.807) is 18.9 Å². The molecule has 3 nitrogen and oxygen atoms in total. The SMILES string of the molecule is CON1CSc2cc(N)ccc21. The lowest BCUT2D eigenvalue weighted by molar-refractivity contribution is 0.181. The van der Waals surface area contributed by atoms with Crippen LogP contribution in [0.5, 0.6) is 0 Å². The molecule has 1 heterocycles. The minimum atomic E-state index is 0.805. The van der Waals surface area contributed by atoms with E-state index in [1.165, 1.54) is 4.90 Å². The van der Waals surface area contributed by atoms with Crippen LogP contribution in [0, 0.1) is 0 Å². The highest BCUT2D eigenvalue weighted by molar-refractivity contribution is 7.99. The maximum atomic E-state index is 5.65. The van der Waals surface area contributed by atoms with E-state index in [-0.39, 0.29) is 0 Å². The third-order valence-corrected chi connectivity index (χ3v) is 2.81. The molecule has 0 unspecified atom stereocenters. The zero-order chi connectivity index (χ0) is 8.55. The Morgan fingerprint density at radius 2 is 2.42 bits per heavy atom. The maximum absolute atomic E-state index is 5.65. The van der Waals surface area contributed by atoms with Gasteiger partial charge in [0.15, 0.2) is 0 Å². The highest BCUT2D eigenvalue weighted by atomic mass is 32.2. The Balaban J connectivity index is 2.40. The molecule has 4 heteroatoms. The molecule has 0 atom stereocenters. The van der Waals surface area contributed by atoms with E-state index in [9.17, 15) is 0 Å². The van der Waals surface area contributed by atoms with Gasteiger partial charge < -0.3 is 5.73 Å². The van der Waals surface area contributed by atoms with Gasteiger partial charge in [0.1, 0.15) is 0 Å². The van der Waals surface area contributed by atoms with Crippen molar-refractivity contribution in [3.63, 3.8) is 0 Å². The van der Waals surface area contributed by atoms with E-state index in [1.807, 2.05) is 23.3 Å². The third-order valence-electron chi connectivity index (χ3n) is 1.81. The van der Waals surface area contributed by atoms with Gasteiger partial charge in [0, 0.05) is 10.6 Å². The minimum absolute atomic E-state index is 0.805. The van der Waals surface area contributed by atoms with Gasteiger partial charge in [-0.2, -0.15) is 0 Å². The lowest BCUT2D eigenvalue weighted by atomic mass is 10.3. The van der Waals surface area contributed by atoms with Crippen LogP contribution in [0.4, 0.5) is 11.4 Å². The van der Waals surface area contributed by atoms with Crippen LogP contribution in [-0.4, -0.2) is 13.0 Å². The van der Waals surface area contributed by atoms with E-state index in [0.29, 0.717) is 0 Å². The van der Waals surface area contributed by atoms with Gasteiger partial charge in [-0.3, -0.25) is 4.84 Å². The number of hydroxylamine groups is 1. The number of fused-ring (bicyclic) bond motifs is 1. The summed E-state index contributed by atoms with van der Waals surface area (Å²) in [5, 5.41) is 1.85. The molecule has 1 aliphatic heterocycles. The molecule has 0 spiro atoms. The van der Waals surface area contributed by atoms with E-state index < -0.39 is 0 Å². The molecule has 0 amide bonds. The summed E-state index contributed by atoms with van der Waals surface area (Å²) in [6.07, 6.45) is 0. The number of anilines is 2. The summed E-state index contributed by atoms with van der Waals surface area (Å²) in [6.45, 7) is 0. The Bertz CT molecular complexity index is 303. The van der Waals surface area contributed by atoms with Gasteiger partial charge in [-0.25, -0.2) is 5.06 Å². The van der Waals surface area contributed by atoms with Gasteiger partial charge in [-0.1, -0.05) is 11.8 Å². The number of nitrogens with zero attached hydrogens (tertiary/aromatic N) is 1. The highest BCUT2D eigenvalue weighted by Gasteiger charge is 2.19. The van der Waals surface area contributed by atoms with Crippen molar-refractivity contribution < 1.29 is 4.84 Å². The minimum Gasteiger partial charge on any atom is -0.399 e. The molecule has 2 rings (SSSR count). The van der Waals surface area contributed by atoms with Crippen LogP contribution in [0.15, 0.2) is 23.1 Å². The predicted molar refractivity (Wildman–Crippen MR) is 51.1 cm³/mol. The fourth-order valence-corrected chi connectivity index (χ4v) is 2.24. The Hall–Kier alpha value is -0.870. The van der Waals surface area contributed by atoms with E-state index >= 15 is 0 Å². The van der Waals surface area contributed by atoms with Crippen molar-refractivity contribution in [1.82, 2.24) is 0 Å². The molecule has 1 aliphatic rings. The topological polar surface area (TPSA) is 38.5 Å². The molecule has 0 saturated heterocycles. The van der Waals surface area contributed by atoms with E-state index in [2.05, 4.69) is 0 Å². The lowest BCUT2D eigenvalue weighted by Gasteiger charge is -2.13. The molecular weight excluding hydrogens is 172 g/mol. The standard InChI is InChI=1S/C8H10N2OS/c1-11-10-5-12-8-4-6(9)2-3-7(8)10/h2-4H,5,9H2,1H3. The number of rotatable bonds is 1. The normalized spacial score (nSPS) is 14.9. The summed E-state index contributed by atoms with van der Waals surface area (Å²) in [6, 6.07) is 5.84. The van der Waals surface area contributed by atoms with E-state index in [0.717, 1.165) is 17.3 Å². The van der Waals surface area contributed by atoms with Crippen molar-refractivity contribution in [1.29, 1.82) is 0 Å². The second kappa shape index (κ2) is 2.88. The summed E-state index contributed by atoms with van der Waals surface area (Å²) in [5.74, 6) is 0.843. The lowest BCUT2D eigenvalue weighted by Crippen LogP contribution is -2.16. The second-order valence-electron chi connectivity index (χ2n) is 2.56. The molecule has 64 valence electrons. The average molecular weight is 182 g/mol. The van der Waals surface area contributed by atoms with Crippen molar-refractivity contribution in [2.24, 2.45) is 0 Å². The summed E-state index contributed by atoms with van der Waals surface area (Å²) < 4.78 is 0. The van der Waals surface area contributed by atoms with Gasteiger partial charge >= 0.3 is 0 Å². The summed E-state index contributed by atoms with van der Waals surface area (Å²) in [7, 11) is 1.67. The molecule has 2 N–H and O–H groups in total. The van der Waals surface area contributed by atoms with Gasteiger partial charge in [0.2, 0.25) is 0 Å². The summed E-state index contributed by atoms with van der Waals surface area (Å²) in [5.41, 5.74) is 7.56. The van der Waals surface area contributed by atoms with Crippen LogP contribution >= 0.6 is 11.8 Å². The van der Waals surface area contributed by atoms with Crippen LogP contribution in [0.2, 0.25) is 0 Å². The highest BCUT2D eigenvalue weighted by Crippen LogP contribution is 2.39. The number of nitrogens with two attached hydrogens (primary N) is 1. The zero-order valence-corrected chi connectivity index (χ0v) is 7.60. The molecule has 0 fully saturated rings. The number of hydrogen-bond acceptors (Lipinski definition) is 4. The molecule has 0 saturated carbocycles. The molecule has 12 heavy (non-hydrogen) atoms. The third kappa shape index (κ3) is 1.13. The Morgan fingerprint density at radius 1 is 1.58 bits per heavy atom. The van der Waals surface area contributed by atoms with Crippen molar-refractivity contribution >= 4 is 23.1 Å². The number of hydrogen-bond donors (Lipinski definition) is 1. The van der Waals surface area contributed by atoms with Gasteiger partial charge in [0.25, 0.3) is 0 Å². The molecule has 0 radical (unpaired) electrons. The monoisotopic (exact) mass is 182 g/mol. The van der Waals surface area contributed by atoms with Crippen LogP contribution in [0.1, 0.15) is 0 Å². The first-order valence-electron chi connectivity index (χ1n) is 3.65. The predicted octanol–water partition coefficient (Wildman–Crippen LogP) is 1.70. The number of thioether (sulfide) groups is 1. The molecule has 1 aromatic carbocycles. The number of nitrogen functional groups attached to an aromatic ring is 1. The smallest absolute Gasteiger partial charge is 0.0957 e. The number of benzene rings is 1.